The molecule has 0 aliphatic carbocycles. The van der Waals surface area contributed by atoms with E-state index in [-0.39, 0.29) is 5.82 Å². The topological polar surface area (TPSA) is 65.7 Å². The van der Waals surface area contributed by atoms with Gasteiger partial charge in [0, 0.05) is 17.9 Å². The third kappa shape index (κ3) is 4.54. The fraction of sp³-hybridized carbons (Fsp3) is 0.438. The van der Waals surface area contributed by atoms with Gasteiger partial charge in [-0.2, -0.15) is 0 Å². The predicted octanol–water partition coefficient (Wildman–Crippen LogP) is 2.10. The Morgan fingerprint density at radius 2 is 2.05 bits per heavy atom. The molecule has 0 spiro atoms. The fourth-order valence-electron chi connectivity index (χ4n) is 2.11. The quantitative estimate of drug-likeness (QED) is 0.779. The summed E-state index contributed by atoms with van der Waals surface area (Å²) in [5.74, 6) is 0.295. The smallest absolute Gasteiger partial charge is 0.202 e. The van der Waals surface area contributed by atoms with Crippen LogP contribution < -0.4 is 16.4 Å². The van der Waals surface area contributed by atoms with Gasteiger partial charge in [0.05, 0.1) is 0 Å². The number of rotatable bonds is 5. The second-order valence-electron chi connectivity index (χ2n) is 5.91. The highest BCUT2D eigenvalue weighted by atomic mass is 19.1. The maximum absolute atomic E-state index is 12.9. The Labute approximate surface area is 131 Å². The molecule has 2 atom stereocenters. The molecule has 0 amide bonds. The highest BCUT2D eigenvalue weighted by Gasteiger charge is 2.25. The zero-order valence-corrected chi connectivity index (χ0v) is 13.3. The largest absolute Gasteiger partial charge is 0.333 e. The average Bonchev–Trinajstić information content (AvgIpc) is 2.47. The Bertz CT molecular complexity index is 552. The van der Waals surface area contributed by atoms with E-state index in [4.69, 9.17) is 5.73 Å². The van der Waals surface area contributed by atoms with Crippen molar-refractivity contribution in [3.05, 3.63) is 42.4 Å². The maximum Gasteiger partial charge on any atom is 0.202 e. The molecule has 4 N–H and O–H groups in total. The molecule has 2 rings (SSSR count). The number of hydrogen-bond acceptors (Lipinski definition) is 5. The van der Waals surface area contributed by atoms with Crippen molar-refractivity contribution in [2.75, 3.05) is 19.4 Å². The number of nitrogens with two attached hydrogens (primary N) is 1. The molecule has 0 saturated carbocycles. The molecule has 120 valence electrons. The van der Waals surface area contributed by atoms with Crippen LogP contribution >= 0.6 is 0 Å². The summed E-state index contributed by atoms with van der Waals surface area (Å²) in [5, 5.41) is 6.13. The van der Waals surface area contributed by atoms with Crippen LogP contribution in [0.3, 0.4) is 0 Å². The number of guanidine groups is 1. The third-order valence-corrected chi connectivity index (χ3v) is 3.86. The summed E-state index contributed by atoms with van der Waals surface area (Å²) in [6, 6.07) is 6.55. The van der Waals surface area contributed by atoms with E-state index in [1.165, 1.54) is 12.1 Å². The number of hydrogen-bond donors (Lipinski definition) is 3. The molecule has 0 bridgehead atoms. The van der Waals surface area contributed by atoms with Gasteiger partial charge in [-0.25, -0.2) is 9.38 Å². The van der Waals surface area contributed by atoms with E-state index in [9.17, 15) is 4.39 Å². The van der Waals surface area contributed by atoms with Crippen LogP contribution in [0.5, 0.6) is 0 Å². The molecule has 1 aliphatic heterocycles. The van der Waals surface area contributed by atoms with E-state index in [2.05, 4.69) is 41.5 Å². The van der Waals surface area contributed by atoms with Gasteiger partial charge in [0.15, 0.2) is 0 Å². The van der Waals surface area contributed by atoms with Crippen LogP contribution in [-0.2, 0) is 0 Å². The van der Waals surface area contributed by atoms with E-state index in [0.29, 0.717) is 12.0 Å². The lowest BCUT2D eigenvalue weighted by Gasteiger charge is -2.29. The zero-order valence-electron chi connectivity index (χ0n) is 13.3. The Hall–Kier alpha value is -1.92. The fourth-order valence-corrected chi connectivity index (χ4v) is 2.11. The van der Waals surface area contributed by atoms with Crippen LogP contribution in [0.2, 0.25) is 0 Å². The van der Waals surface area contributed by atoms with Gasteiger partial charge in [0.2, 0.25) is 5.96 Å². The second kappa shape index (κ2) is 6.89. The predicted molar refractivity (Wildman–Crippen MR) is 89.0 cm³/mol. The molecule has 2 unspecified atom stereocenters. The van der Waals surface area contributed by atoms with E-state index >= 15 is 0 Å². The third-order valence-electron chi connectivity index (χ3n) is 3.86. The molecular formula is C16H24FN5. The van der Waals surface area contributed by atoms with Gasteiger partial charge in [-0.15, -0.1) is 0 Å². The van der Waals surface area contributed by atoms with Gasteiger partial charge < -0.3 is 21.3 Å². The molecule has 0 saturated heterocycles. The molecule has 1 heterocycles. The van der Waals surface area contributed by atoms with Crippen molar-refractivity contribution in [1.29, 1.82) is 0 Å². The Balaban J connectivity index is 2.00. The van der Waals surface area contributed by atoms with Crippen LogP contribution in [-0.4, -0.2) is 36.7 Å². The van der Waals surface area contributed by atoms with Crippen molar-refractivity contribution in [2.45, 2.75) is 31.5 Å². The SMILES string of the molecule is CC(CCC1(N)C=CNC(Nc2ccc(F)cc2)=N1)N(C)C. The first-order valence-corrected chi connectivity index (χ1v) is 7.40. The molecule has 0 radical (unpaired) electrons. The van der Waals surface area contributed by atoms with E-state index in [0.717, 1.165) is 18.5 Å². The monoisotopic (exact) mass is 305 g/mol. The number of nitrogens with one attached hydrogen (secondary N) is 2. The molecule has 0 fully saturated rings. The Morgan fingerprint density at radius 1 is 1.36 bits per heavy atom. The number of benzene rings is 1. The summed E-state index contributed by atoms with van der Waals surface area (Å²) >= 11 is 0. The van der Waals surface area contributed by atoms with Gasteiger partial charge in [0.25, 0.3) is 0 Å². The molecule has 1 aromatic rings. The van der Waals surface area contributed by atoms with Crippen molar-refractivity contribution < 1.29 is 4.39 Å². The Kier molecular flexibility index (Phi) is 5.15. The molecule has 1 aliphatic rings. The van der Waals surface area contributed by atoms with Gasteiger partial charge in [-0.05, 0) is 64.2 Å². The maximum atomic E-state index is 12.9. The molecular weight excluding hydrogens is 281 g/mol. The highest BCUT2D eigenvalue weighted by Crippen LogP contribution is 2.19. The molecule has 6 heteroatoms. The summed E-state index contributed by atoms with van der Waals surface area (Å²) in [5.41, 5.74) is 6.37. The van der Waals surface area contributed by atoms with Crippen molar-refractivity contribution in [3.8, 4) is 0 Å². The molecule has 5 nitrogen and oxygen atoms in total. The number of halogens is 1. The molecule has 1 aromatic carbocycles. The summed E-state index contributed by atoms with van der Waals surface area (Å²) in [6.07, 6.45) is 5.35. The van der Waals surface area contributed by atoms with Crippen LogP contribution in [0.25, 0.3) is 0 Å². The first kappa shape index (κ1) is 16.5. The second-order valence-corrected chi connectivity index (χ2v) is 5.91. The van der Waals surface area contributed by atoms with E-state index in [1.807, 2.05) is 6.08 Å². The first-order valence-electron chi connectivity index (χ1n) is 7.40. The number of aliphatic imine (C=N–C) groups is 1. The Morgan fingerprint density at radius 3 is 2.68 bits per heavy atom. The van der Waals surface area contributed by atoms with Crippen LogP contribution in [0.1, 0.15) is 19.8 Å². The molecule has 0 aromatic heterocycles. The van der Waals surface area contributed by atoms with Gasteiger partial charge in [-0.3, -0.25) is 0 Å². The average molecular weight is 305 g/mol. The summed E-state index contributed by atoms with van der Waals surface area (Å²) in [6.45, 7) is 2.16. The normalized spacial score (nSPS) is 22.2. The number of anilines is 1. The van der Waals surface area contributed by atoms with Crippen molar-refractivity contribution >= 4 is 11.6 Å². The summed E-state index contributed by atoms with van der Waals surface area (Å²) in [7, 11) is 4.10. The van der Waals surface area contributed by atoms with Gasteiger partial charge in [-0.1, -0.05) is 0 Å². The van der Waals surface area contributed by atoms with Crippen LogP contribution in [0.4, 0.5) is 10.1 Å². The lowest BCUT2D eigenvalue weighted by Crippen LogP contribution is -2.44. The van der Waals surface area contributed by atoms with E-state index in [1.54, 1.807) is 18.3 Å². The number of nitrogens with zero attached hydrogens (tertiary/aromatic N) is 2. The van der Waals surface area contributed by atoms with E-state index < -0.39 is 5.66 Å². The molecule has 22 heavy (non-hydrogen) atoms. The van der Waals surface area contributed by atoms with Crippen molar-refractivity contribution in [1.82, 2.24) is 10.2 Å². The van der Waals surface area contributed by atoms with Gasteiger partial charge in [0.1, 0.15) is 11.5 Å². The van der Waals surface area contributed by atoms with Crippen LogP contribution in [0.15, 0.2) is 41.5 Å². The summed E-state index contributed by atoms with van der Waals surface area (Å²) < 4.78 is 12.9. The minimum Gasteiger partial charge on any atom is -0.333 e. The minimum atomic E-state index is -0.724. The standard InChI is InChI=1S/C16H24FN5/c1-12(22(2)3)8-9-16(18)10-11-19-15(21-16)20-14-6-4-13(17)5-7-14/h4-7,10-12H,8-9,18H2,1-3H3,(H2,19,20,21). The first-order chi connectivity index (χ1) is 10.4. The lowest BCUT2D eigenvalue weighted by atomic mass is 10.0. The minimum absolute atomic E-state index is 0.269. The summed E-state index contributed by atoms with van der Waals surface area (Å²) in [4.78, 5) is 6.70. The highest BCUT2D eigenvalue weighted by molar-refractivity contribution is 5.95. The zero-order chi connectivity index (χ0) is 16.2. The van der Waals surface area contributed by atoms with Crippen molar-refractivity contribution in [2.24, 2.45) is 10.7 Å². The van der Waals surface area contributed by atoms with Crippen molar-refractivity contribution in [3.63, 3.8) is 0 Å². The van der Waals surface area contributed by atoms with Gasteiger partial charge >= 0.3 is 0 Å². The van der Waals surface area contributed by atoms with Crippen LogP contribution in [0, 0.1) is 5.82 Å². The lowest BCUT2D eigenvalue weighted by molar-refractivity contribution is 0.278.